The number of nitrogens with zero attached hydrogens (tertiary/aromatic N) is 5. The fourth-order valence-corrected chi connectivity index (χ4v) is 3.39. The van der Waals surface area contributed by atoms with E-state index in [1.165, 1.54) is 12.1 Å². The summed E-state index contributed by atoms with van der Waals surface area (Å²) in [6, 6.07) is 26.3. The molecule has 0 spiro atoms. The molecule has 162 valence electrons. The second kappa shape index (κ2) is 9.30. The molecule has 34 heavy (non-hydrogen) atoms. The minimum Gasteiger partial charge on any atom is -0.283 e. The average Bonchev–Trinajstić information content (AvgIpc) is 2.93. The first-order chi connectivity index (χ1) is 16.7. The predicted molar refractivity (Wildman–Crippen MR) is 127 cm³/mol. The second-order valence-electron chi connectivity index (χ2n) is 7.31. The molecule has 0 radical (unpaired) electrons. The number of pyridine rings is 5. The molecule has 5 heterocycles. The van der Waals surface area contributed by atoms with Gasteiger partial charge >= 0.3 is 0 Å². The molecule has 5 rings (SSSR count). The summed E-state index contributed by atoms with van der Waals surface area (Å²) in [4.78, 5) is 47.8. The van der Waals surface area contributed by atoms with E-state index in [1.54, 1.807) is 54.9 Å². The lowest BCUT2D eigenvalue weighted by Gasteiger charge is -2.06. The fraction of sp³-hybridized carbons (Fsp3) is 0. The lowest BCUT2D eigenvalue weighted by Crippen LogP contribution is -2.17. The van der Waals surface area contributed by atoms with E-state index in [1.807, 2.05) is 36.4 Å². The molecule has 0 aliphatic rings. The Morgan fingerprint density at radius 3 is 1.26 bits per heavy atom. The van der Waals surface area contributed by atoms with Crippen molar-refractivity contribution in [3.8, 4) is 34.2 Å². The summed E-state index contributed by atoms with van der Waals surface area (Å²) in [7, 11) is 0. The van der Waals surface area contributed by atoms with Crippen molar-refractivity contribution in [1.29, 1.82) is 0 Å². The van der Waals surface area contributed by atoms with Crippen LogP contribution in [0.3, 0.4) is 0 Å². The number of aromatic nitrogens is 5. The number of hydrogen-bond donors (Lipinski definition) is 0. The Kier molecular flexibility index (Phi) is 5.73. The predicted octanol–water partition coefficient (Wildman–Crippen LogP) is 4.73. The summed E-state index contributed by atoms with van der Waals surface area (Å²) in [6.45, 7) is 0. The van der Waals surface area contributed by atoms with Crippen LogP contribution in [0.4, 0.5) is 0 Å². The third kappa shape index (κ3) is 4.35. The van der Waals surface area contributed by atoms with Crippen molar-refractivity contribution in [3.63, 3.8) is 0 Å². The largest absolute Gasteiger partial charge is 0.283 e. The fourth-order valence-electron chi connectivity index (χ4n) is 3.39. The van der Waals surface area contributed by atoms with Crippen LogP contribution in [0.1, 0.15) is 21.0 Å². The Labute approximate surface area is 195 Å². The van der Waals surface area contributed by atoms with Crippen molar-refractivity contribution < 1.29 is 9.59 Å². The molecule has 0 saturated carbocycles. The molecule has 0 bridgehead atoms. The molecular formula is C27H17N5O2. The van der Waals surface area contributed by atoms with Gasteiger partial charge in [0.1, 0.15) is 11.4 Å². The maximum absolute atomic E-state index is 13.0. The van der Waals surface area contributed by atoms with Crippen LogP contribution in [0.15, 0.2) is 103 Å². The lowest BCUT2D eigenvalue weighted by molar-refractivity contribution is 0.0811. The monoisotopic (exact) mass is 443 g/mol. The first-order valence-electron chi connectivity index (χ1n) is 10.5. The number of rotatable bonds is 6. The van der Waals surface area contributed by atoms with Crippen LogP contribution in [-0.4, -0.2) is 36.5 Å². The average molecular weight is 443 g/mol. The normalized spacial score (nSPS) is 10.6. The lowest BCUT2D eigenvalue weighted by atomic mass is 10.1. The van der Waals surface area contributed by atoms with Gasteiger partial charge in [-0.1, -0.05) is 30.3 Å². The molecule has 0 fully saturated rings. The van der Waals surface area contributed by atoms with E-state index in [4.69, 9.17) is 0 Å². The summed E-state index contributed by atoms with van der Waals surface area (Å²) < 4.78 is 0. The van der Waals surface area contributed by atoms with Crippen LogP contribution >= 0.6 is 0 Å². The summed E-state index contributed by atoms with van der Waals surface area (Å²) in [5.41, 5.74) is 3.65. The van der Waals surface area contributed by atoms with Gasteiger partial charge in [0.2, 0.25) is 0 Å². The van der Waals surface area contributed by atoms with Crippen molar-refractivity contribution >= 4 is 11.6 Å². The van der Waals surface area contributed by atoms with E-state index in [0.717, 1.165) is 5.69 Å². The number of carbonyl (C=O) groups excluding carboxylic acids is 2. The first kappa shape index (κ1) is 21.0. The Hall–Kier alpha value is -4.91. The highest BCUT2D eigenvalue weighted by Crippen LogP contribution is 2.21. The van der Waals surface area contributed by atoms with Gasteiger partial charge in [-0.05, 0) is 60.7 Å². The smallest absolute Gasteiger partial charge is 0.253 e. The summed E-state index contributed by atoms with van der Waals surface area (Å²) in [6.07, 6.45) is 3.34. The quantitative estimate of drug-likeness (QED) is 0.276. The van der Waals surface area contributed by atoms with E-state index in [0.29, 0.717) is 28.5 Å². The van der Waals surface area contributed by atoms with Crippen molar-refractivity contribution in [2.24, 2.45) is 0 Å². The highest BCUT2D eigenvalue weighted by molar-refractivity contribution is 6.48. The molecule has 0 atom stereocenters. The molecule has 5 aromatic rings. The van der Waals surface area contributed by atoms with Gasteiger partial charge in [0, 0.05) is 12.4 Å². The molecule has 5 aromatic heterocycles. The van der Waals surface area contributed by atoms with Crippen LogP contribution in [0.25, 0.3) is 34.2 Å². The van der Waals surface area contributed by atoms with Crippen LogP contribution in [0.2, 0.25) is 0 Å². The maximum atomic E-state index is 13.0. The van der Waals surface area contributed by atoms with E-state index in [9.17, 15) is 9.59 Å². The van der Waals surface area contributed by atoms with Gasteiger partial charge in [-0.15, -0.1) is 0 Å². The van der Waals surface area contributed by atoms with E-state index >= 15 is 0 Å². The van der Waals surface area contributed by atoms with Gasteiger partial charge < -0.3 is 0 Å². The van der Waals surface area contributed by atoms with Crippen molar-refractivity contribution in [3.05, 3.63) is 115 Å². The molecule has 0 aliphatic heterocycles. The molecular weight excluding hydrogens is 426 g/mol. The number of Topliss-reactive ketones (excluding diaryl/α,β-unsaturated/α-hetero) is 2. The Morgan fingerprint density at radius 1 is 0.412 bits per heavy atom. The van der Waals surface area contributed by atoms with Gasteiger partial charge in [0.25, 0.3) is 11.6 Å². The number of carbonyl (C=O) groups is 2. The van der Waals surface area contributed by atoms with E-state index in [-0.39, 0.29) is 11.4 Å². The molecule has 0 unspecified atom stereocenters. The number of hydrogen-bond acceptors (Lipinski definition) is 7. The van der Waals surface area contributed by atoms with Gasteiger partial charge in [-0.25, -0.2) is 15.0 Å². The highest BCUT2D eigenvalue weighted by Gasteiger charge is 2.22. The molecule has 0 saturated heterocycles. The summed E-state index contributed by atoms with van der Waals surface area (Å²) >= 11 is 0. The molecule has 0 aliphatic carbocycles. The zero-order chi connectivity index (χ0) is 23.3. The topological polar surface area (TPSA) is 98.6 Å². The Bertz CT molecular complexity index is 1490. The Morgan fingerprint density at radius 2 is 0.794 bits per heavy atom. The molecule has 7 nitrogen and oxygen atoms in total. The third-order valence-electron chi connectivity index (χ3n) is 5.04. The standard InChI is InChI=1S/C27H17N5O2/c33-26(24-14-6-11-21(31-24)19-9-2-4-17-29-19)27(34)25-15-7-13-23(32-25)22-12-5-10-20(30-22)18-8-1-3-16-28-18/h1-17H. The van der Waals surface area contributed by atoms with Gasteiger partial charge in [0.05, 0.1) is 34.2 Å². The van der Waals surface area contributed by atoms with Gasteiger partial charge in [-0.2, -0.15) is 0 Å². The van der Waals surface area contributed by atoms with E-state index in [2.05, 4.69) is 24.9 Å². The SMILES string of the molecule is O=C(C(=O)c1cccc(-c2cccc(-c3ccccn3)n2)n1)c1cccc(-c2ccccn2)n1. The molecule has 0 amide bonds. The van der Waals surface area contributed by atoms with E-state index < -0.39 is 11.6 Å². The molecule has 0 aromatic carbocycles. The second-order valence-corrected chi connectivity index (χ2v) is 7.31. The zero-order valence-corrected chi connectivity index (χ0v) is 17.9. The van der Waals surface area contributed by atoms with Crippen molar-refractivity contribution in [1.82, 2.24) is 24.9 Å². The van der Waals surface area contributed by atoms with Crippen LogP contribution in [0, 0.1) is 0 Å². The van der Waals surface area contributed by atoms with Gasteiger partial charge in [-0.3, -0.25) is 19.6 Å². The minimum atomic E-state index is -0.742. The maximum Gasteiger partial charge on any atom is 0.253 e. The summed E-state index contributed by atoms with van der Waals surface area (Å²) in [5, 5.41) is 0. The Balaban J connectivity index is 1.43. The molecule has 7 heteroatoms. The van der Waals surface area contributed by atoms with Crippen LogP contribution in [0.5, 0.6) is 0 Å². The van der Waals surface area contributed by atoms with Crippen LogP contribution in [-0.2, 0) is 0 Å². The summed E-state index contributed by atoms with van der Waals surface area (Å²) in [5.74, 6) is -1.48. The zero-order valence-electron chi connectivity index (χ0n) is 17.9. The van der Waals surface area contributed by atoms with Gasteiger partial charge in [0.15, 0.2) is 0 Å². The third-order valence-corrected chi connectivity index (χ3v) is 5.04. The highest BCUT2D eigenvalue weighted by atomic mass is 16.2. The minimum absolute atomic E-state index is 0.0255. The first-order valence-corrected chi connectivity index (χ1v) is 10.5. The van der Waals surface area contributed by atoms with Crippen LogP contribution < -0.4 is 0 Å². The number of ketones is 2. The van der Waals surface area contributed by atoms with Crippen molar-refractivity contribution in [2.45, 2.75) is 0 Å². The molecule has 0 N–H and O–H groups in total. The van der Waals surface area contributed by atoms with Crippen molar-refractivity contribution in [2.75, 3.05) is 0 Å².